The van der Waals surface area contributed by atoms with Gasteiger partial charge in [-0.15, -0.1) is 0 Å². The SMILES string of the molecule is Nc1ccc(C2=CCCN(C3CCC3)C2)cc1. The van der Waals surface area contributed by atoms with E-state index in [9.17, 15) is 0 Å². The van der Waals surface area contributed by atoms with E-state index in [1.807, 2.05) is 12.1 Å². The highest BCUT2D eigenvalue weighted by Gasteiger charge is 2.26. The van der Waals surface area contributed by atoms with Crippen molar-refractivity contribution in [1.29, 1.82) is 0 Å². The van der Waals surface area contributed by atoms with Crippen LogP contribution in [0.25, 0.3) is 5.57 Å². The molecule has 3 rings (SSSR count). The molecule has 2 N–H and O–H groups in total. The molecule has 0 aromatic heterocycles. The minimum Gasteiger partial charge on any atom is -0.399 e. The van der Waals surface area contributed by atoms with Gasteiger partial charge in [-0.1, -0.05) is 24.6 Å². The first-order valence-corrected chi connectivity index (χ1v) is 6.62. The third kappa shape index (κ3) is 2.22. The Morgan fingerprint density at radius 3 is 2.53 bits per heavy atom. The van der Waals surface area contributed by atoms with Crippen molar-refractivity contribution in [3.63, 3.8) is 0 Å². The van der Waals surface area contributed by atoms with Gasteiger partial charge in [-0.25, -0.2) is 0 Å². The van der Waals surface area contributed by atoms with Gasteiger partial charge in [-0.3, -0.25) is 4.90 Å². The predicted molar refractivity (Wildman–Crippen MR) is 72.7 cm³/mol. The standard InChI is InChI=1S/C15H20N2/c16-14-8-6-12(7-9-14)13-3-2-10-17(11-13)15-4-1-5-15/h3,6-9,15H,1-2,4-5,10-11,16H2. The highest BCUT2D eigenvalue weighted by atomic mass is 15.2. The molecule has 1 fully saturated rings. The zero-order chi connectivity index (χ0) is 11.7. The normalized spacial score (nSPS) is 22.0. The molecule has 90 valence electrons. The van der Waals surface area contributed by atoms with E-state index in [1.54, 1.807) is 0 Å². The molecule has 1 heterocycles. The highest BCUT2D eigenvalue weighted by Crippen LogP contribution is 2.30. The quantitative estimate of drug-likeness (QED) is 0.789. The fourth-order valence-electron chi connectivity index (χ4n) is 2.74. The van der Waals surface area contributed by atoms with Crippen molar-refractivity contribution in [1.82, 2.24) is 4.90 Å². The largest absolute Gasteiger partial charge is 0.399 e. The molecule has 0 spiro atoms. The summed E-state index contributed by atoms with van der Waals surface area (Å²) in [4.78, 5) is 2.65. The number of benzene rings is 1. The molecular weight excluding hydrogens is 208 g/mol. The van der Waals surface area contributed by atoms with Crippen molar-refractivity contribution in [3.05, 3.63) is 35.9 Å². The number of rotatable bonds is 2. The van der Waals surface area contributed by atoms with Gasteiger partial charge in [0.05, 0.1) is 0 Å². The minimum atomic E-state index is 0.848. The van der Waals surface area contributed by atoms with Crippen molar-refractivity contribution in [2.24, 2.45) is 0 Å². The maximum Gasteiger partial charge on any atom is 0.0314 e. The molecule has 0 bridgehead atoms. The number of hydrogen-bond donors (Lipinski definition) is 1. The first kappa shape index (κ1) is 10.8. The fraction of sp³-hybridized carbons (Fsp3) is 0.467. The van der Waals surface area contributed by atoms with Gasteiger partial charge in [-0.05, 0) is 42.5 Å². The summed E-state index contributed by atoms with van der Waals surface area (Å²) in [6, 6.07) is 9.14. The van der Waals surface area contributed by atoms with E-state index < -0.39 is 0 Å². The molecular formula is C15H20N2. The van der Waals surface area contributed by atoms with Crippen LogP contribution in [0.4, 0.5) is 5.69 Å². The van der Waals surface area contributed by atoms with E-state index in [2.05, 4.69) is 23.1 Å². The highest BCUT2D eigenvalue weighted by molar-refractivity contribution is 5.68. The Balaban J connectivity index is 1.74. The first-order valence-electron chi connectivity index (χ1n) is 6.62. The van der Waals surface area contributed by atoms with E-state index in [0.29, 0.717) is 0 Å². The molecule has 2 heteroatoms. The monoisotopic (exact) mass is 228 g/mol. The summed E-state index contributed by atoms with van der Waals surface area (Å²) in [6.45, 7) is 2.36. The lowest BCUT2D eigenvalue weighted by atomic mass is 9.89. The van der Waals surface area contributed by atoms with Crippen LogP contribution in [0.2, 0.25) is 0 Å². The van der Waals surface area contributed by atoms with E-state index in [-0.39, 0.29) is 0 Å². The van der Waals surface area contributed by atoms with Gasteiger partial charge in [-0.2, -0.15) is 0 Å². The van der Waals surface area contributed by atoms with Crippen molar-refractivity contribution in [3.8, 4) is 0 Å². The molecule has 1 saturated carbocycles. The lowest BCUT2D eigenvalue weighted by molar-refractivity contribution is 0.143. The summed E-state index contributed by atoms with van der Waals surface area (Å²) >= 11 is 0. The van der Waals surface area contributed by atoms with Gasteiger partial charge in [0.25, 0.3) is 0 Å². The number of nitrogen functional groups attached to an aromatic ring is 1. The molecule has 1 aromatic carbocycles. The fourth-order valence-corrected chi connectivity index (χ4v) is 2.74. The third-order valence-electron chi connectivity index (χ3n) is 4.05. The molecule has 0 atom stereocenters. The van der Waals surface area contributed by atoms with Crippen LogP contribution < -0.4 is 5.73 Å². The second kappa shape index (κ2) is 4.53. The summed E-state index contributed by atoms with van der Waals surface area (Å²) in [5, 5.41) is 0. The molecule has 0 radical (unpaired) electrons. The van der Waals surface area contributed by atoms with Gasteiger partial charge >= 0.3 is 0 Å². The molecule has 2 nitrogen and oxygen atoms in total. The smallest absolute Gasteiger partial charge is 0.0314 e. The average Bonchev–Trinajstić information content (AvgIpc) is 2.28. The van der Waals surface area contributed by atoms with E-state index in [1.165, 1.54) is 43.4 Å². The average molecular weight is 228 g/mol. The second-order valence-electron chi connectivity index (χ2n) is 5.20. The van der Waals surface area contributed by atoms with Crippen LogP contribution in [0.1, 0.15) is 31.2 Å². The molecule has 1 aliphatic carbocycles. The Kier molecular flexibility index (Phi) is 2.89. The van der Waals surface area contributed by atoms with E-state index >= 15 is 0 Å². The second-order valence-corrected chi connectivity index (χ2v) is 5.20. The van der Waals surface area contributed by atoms with Crippen LogP contribution in [0.15, 0.2) is 30.3 Å². The Bertz CT molecular complexity index is 415. The van der Waals surface area contributed by atoms with Crippen LogP contribution in [0, 0.1) is 0 Å². The van der Waals surface area contributed by atoms with Gasteiger partial charge in [0.2, 0.25) is 0 Å². The molecule has 0 amide bonds. The summed E-state index contributed by atoms with van der Waals surface area (Å²) in [6.07, 6.45) is 7.79. The predicted octanol–water partition coefficient (Wildman–Crippen LogP) is 2.91. The van der Waals surface area contributed by atoms with E-state index in [4.69, 9.17) is 5.73 Å². The Morgan fingerprint density at radius 1 is 1.12 bits per heavy atom. The maximum atomic E-state index is 5.73. The van der Waals surface area contributed by atoms with Crippen molar-refractivity contribution in [2.75, 3.05) is 18.8 Å². The van der Waals surface area contributed by atoms with Gasteiger partial charge in [0.1, 0.15) is 0 Å². The summed E-state index contributed by atoms with van der Waals surface area (Å²) < 4.78 is 0. The van der Waals surface area contributed by atoms with Crippen molar-refractivity contribution < 1.29 is 0 Å². The zero-order valence-corrected chi connectivity index (χ0v) is 10.2. The van der Waals surface area contributed by atoms with Crippen LogP contribution in [-0.4, -0.2) is 24.0 Å². The zero-order valence-electron chi connectivity index (χ0n) is 10.2. The molecule has 1 aromatic rings. The molecule has 1 aliphatic heterocycles. The lowest BCUT2D eigenvalue weighted by Gasteiger charge is -2.39. The summed E-state index contributed by atoms with van der Waals surface area (Å²) in [7, 11) is 0. The molecule has 2 aliphatic rings. The molecule has 0 saturated heterocycles. The summed E-state index contributed by atoms with van der Waals surface area (Å²) in [5.41, 5.74) is 9.39. The van der Waals surface area contributed by atoms with Crippen molar-refractivity contribution >= 4 is 11.3 Å². The number of nitrogens with zero attached hydrogens (tertiary/aromatic N) is 1. The van der Waals surface area contributed by atoms with E-state index in [0.717, 1.165) is 18.3 Å². The topological polar surface area (TPSA) is 29.3 Å². The van der Waals surface area contributed by atoms with Gasteiger partial charge < -0.3 is 5.73 Å². The van der Waals surface area contributed by atoms with Crippen LogP contribution in [-0.2, 0) is 0 Å². The summed E-state index contributed by atoms with van der Waals surface area (Å²) in [5.74, 6) is 0. The lowest BCUT2D eigenvalue weighted by Crippen LogP contribution is -2.42. The maximum absolute atomic E-state index is 5.73. The van der Waals surface area contributed by atoms with Gasteiger partial charge in [0.15, 0.2) is 0 Å². The van der Waals surface area contributed by atoms with Crippen molar-refractivity contribution in [2.45, 2.75) is 31.7 Å². The number of hydrogen-bond acceptors (Lipinski definition) is 2. The Morgan fingerprint density at radius 2 is 1.88 bits per heavy atom. The van der Waals surface area contributed by atoms with Crippen LogP contribution in [0.5, 0.6) is 0 Å². The number of nitrogens with two attached hydrogens (primary N) is 1. The van der Waals surface area contributed by atoms with Crippen LogP contribution in [0.3, 0.4) is 0 Å². The number of anilines is 1. The molecule has 0 unspecified atom stereocenters. The minimum absolute atomic E-state index is 0.848. The molecule has 17 heavy (non-hydrogen) atoms. The Hall–Kier alpha value is -1.28. The third-order valence-corrected chi connectivity index (χ3v) is 4.05. The van der Waals surface area contributed by atoms with Crippen LogP contribution >= 0.6 is 0 Å². The Labute approximate surface area is 103 Å². The first-order chi connectivity index (χ1) is 8.33. The van der Waals surface area contributed by atoms with Gasteiger partial charge in [0, 0.05) is 24.8 Å².